The second kappa shape index (κ2) is 7.32. The zero-order valence-corrected chi connectivity index (χ0v) is 16.1. The Bertz CT molecular complexity index is 512. The van der Waals surface area contributed by atoms with E-state index in [1.165, 1.54) is 4.88 Å². The first-order chi connectivity index (χ1) is 10.3. The second-order valence-electron chi connectivity index (χ2n) is 6.64. The van der Waals surface area contributed by atoms with Crippen LogP contribution in [0.25, 0.3) is 0 Å². The third kappa shape index (κ3) is 4.46. The van der Waals surface area contributed by atoms with Crippen LogP contribution in [0.1, 0.15) is 45.0 Å². The molecule has 1 amide bonds. The van der Waals surface area contributed by atoms with Crippen molar-refractivity contribution < 1.29 is 9.53 Å². The number of carbonyl (C=O) groups is 1. The van der Waals surface area contributed by atoms with Gasteiger partial charge in [0.2, 0.25) is 0 Å². The van der Waals surface area contributed by atoms with Gasteiger partial charge < -0.3 is 15.0 Å². The Hall–Kier alpha value is -0.590. The van der Waals surface area contributed by atoms with Crippen molar-refractivity contribution in [2.24, 2.45) is 5.92 Å². The van der Waals surface area contributed by atoms with Gasteiger partial charge in [0.15, 0.2) is 0 Å². The Labute approximate surface area is 145 Å². The van der Waals surface area contributed by atoms with E-state index in [1.54, 1.807) is 11.3 Å². The molecule has 22 heavy (non-hydrogen) atoms. The summed E-state index contributed by atoms with van der Waals surface area (Å²) in [6.45, 7) is 10.3. The number of likely N-dealkylation sites (tertiary alicyclic amines) is 1. The van der Waals surface area contributed by atoms with Gasteiger partial charge in [0.05, 0.1) is 0 Å². The number of hydrogen-bond donors (Lipinski definition) is 1. The number of ether oxygens (including phenoxy) is 1. The molecule has 1 fully saturated rings. The number of carbonyl (C=O) groups excluding carboxylic acids is 1. The highest BCUT2D eigenvalue weighted by atomic mass is 79.9. The lowest BCUT2D eigenvalue weighted by Crippen LogP contribution is -2.36. The van der Waals surface area contributed by atoms with Crippen molar-refractivity contribution >= 4 is 33.4 Å². The molecule has 4 nitrogen and oxygen atoms in total. The first-order valence-corrected chi connectivity index (χ1v) is 9.43. The topological polar surface area (TPSA) is 41.6 Å². The van der Waals surface area contributed by atoms with Gasteiger partial charge in [-0.3, -0.25) is 0 Å². The van der Waals surface area contributed by atoms with E-state index in [1.807, 2.05) is 25.7 Å². The summed E-state index contributed by atoms with van der Waals surface area (Å²) in [5.74, 6) is 0.419. The van der Waals surface area contributed by atoms with Gasteiger partial charge in [0.1, 0.15) is 5.60 Å². The molecule has 1 aromatic heterocycles. The Morgan fingerprint density at radius 1 is 1.59 bits per heavy atom. The lowest BCUT2D eigenvalue weighted by molar-refractivity contribution is 0.0285. The van der Waals surface area contributed by atoms with Crippen molar-refractivity contribution in [1.29, 1.82) is 0 Å². The minimum Gasteiger partial charge on any atom is -0.444 e. The normalized spacial score (nSPS) is 20.2. The highest BCUT2D eigenvalue weighted by Gasteiger charge is 2.35. The smallest absolute Gasteiger partial charge is 0.410 e. The zero-order chi connectivity index (χ0) is 16.3. The summed E-state index contributed by atoms with van der Waals surface area (Å²) in [6.07, 6.45) is 0.803. The van der Waals surface area contributed by atoms with Crippen LogP contribution in [0, 0.1) is 5.92 Å². The minimum absolute atomic E-state index is 0.199. The summed E-state index contributed by atoms with van der Waals surface area (Å²) in [5.41, 5.74) is -0.437. The Balaban J connectivity index is 2.04. The quantitative estimate of drug-likeness (QED) is 0.829. The maximum atomic E-state index is 12.2. The molecular weight excluding hydrogens is 364 g/mol. The molecule has 0 aliphatic carbocycles. The van der Waals surface area contributed by atoms with Gasteiger partial charge in [-0.2, -0.15) is 0 Å². The predicted molar refractivity (Wildman–Crippen MR) is 94.4 cm³/mol. The van der Waals surface area contributed by atoms with Gasteiger partial charge in [-0.05, 0) is 67.0 Å². The number of hydrogen-bond acceptors (Lipinski definition) is 4. The zero-order valence-electron chi connectivity index (χ0n) is 13.7. The van der Waals surface area contributed by atoms with E-state index in [9.17, 15) is 4.79 Å². The van der Waals surface area contributed by atoms with Crippen LogP contribution in [0.15, 0.2) is 15.9 Å². The fourth-order valence-corrected chi connectivity index (χ4v) is 4.56. The number of amides is 1. The average Bonchev–Trinajstić information content (AvgIpc) is 3.03. The molecule has 1 saturated heterocycles. The molecule has 0 saturated carbocycles. The van der Waals surface area contributed by atoms with Gasteiger partial charge >= 0.3 is 6.09 Å². The highest BCUT2D eigenvalue weighted by molar-refractivity contribution is 9.10. The van der Waals surface area contributed by atoms with Crippen LogP contribution in [0.3, 0.4) is 0 Å². The van der Waals surface area contributed by atoms with E-state index in [2.05, 4.69) is 39.6 Å². The molecule has 0 aromatic carbocycles. The molecule has 0 spiro atoms. The molecule has 6 heteroatoms. The van der Waals surface area contributed by atoms with Gasteiger partial charge in [0.25, 0.3) is 0 Å². The first kappa shape index (κ1) is 17.8. The van der Waals surface area contributed by atoms with Crippen LogP contribution >= 0.6 is 27.3 Å². The maximum absolute atomic E-state index is 12.2. The van der Waals surface area contributed by atoms with Crippen LogP contribution in [0.5, 0.6) is 0 Å². The van der Waals surface area contributed by atoms with Crippen LogP contribution in [-0.2, 0) is 4.74 Å². The highest BCUT2D eigenvalue weighted by Crippen LogP contribution is 2.37. The molecule has 0 radical (unpaired) electrons. The lowest BCUT2D eigenvalue weighted by atomic mass is 9.97. The number of nitrogens with zero attached hydrogens (tertiary/aromatic N) is 1. The van der Waals surface area contributed by atoms with Gasteiger partial charge in [0, 0.05) is 28.5 Å². The van der Waals surface area contributed by atoms with E-state index >= 15 is 0 Å². The maximum Gasteiger partial charge on any atom is 0.410 e. The van der Waals surface area contributed by atoms with Crippen molar-refractivity contribution in [3.05, 3.63) is 20.8 Å². The Morgan fingerprint density at radius 3 is 2.86 bits per heavy atom. The summed E-state index contributed by atoms with van der Waals surface area (Å²) >= 11 is 5.39. The Kier molecular flexibility index (Phi) is 5.91. The summed E-state index contributed by atoms with van der Waals surface area (Å²) in [4.78, 5) is 15.4. The molecule has 2 heterocycles. The molecule has 1 aliphatic heterocycles. The first-order valence-electron chi connectivity index (χ1n) is 7.76. The average molecular weight is 389 g/mol. The van der Waals surface area contributed by atoms with Crippen LogP contribution < -0.4 is 5.32 Å². The number of rotatable bonds is 4. The fraction of sp³-hybridized carbons (Fsp3) is 0.688. The summed E-state index contributed by atoms with van der Waals surface area (Å²) in [7, 11) is 0. The van der Waals surface area contributed by atoms with Crippen molar-refractivity contribution in [3.8, 4) is 0 Å². The summed E-state index contributed by atoms with van der Waals surface area (Å²) < 4.78 is 6.64. The van der Waals surface area contributed by atoms with Crippen molar-refractivity contribution in [3.63, 3.8) is 0 Å². The molecule has 2 atom stereocenters. The minimum atomic E-state index is -0.437. The molecule has 2 rings (SSSR count). The van der Waals surface area contributed by atoms with Gasteiger partial charge in [-0.25, -0.2) is 4.79 Å². The van der Waals surface area contributed by atoms with E-state index in [-0.39, 0.29) is 12.1 Å². The van der Waals surface area contributed by atoms with Crippen molar-refractivity contribution in [2.75, 3.05) is 19.6 Å². The van der Waals surface area contributed by atoms with E-state index in [4.69, 9.17) is 4.74 Å². The molecule has 1 aliphatic rings. The molecule has 1 N–H and O–H groups in total. The third-order valence-corrected chi connectivity index (χ3v) is 5.65. The van der Waals surface area contributed by atoms with Crippen molar-refractivity contribution in [2.45, 2.75) is 45.8 Å². The lowest BCUT2D eigenvalue weighted by Gasteiger charge is -2.26. The van der Waals surface area contributed by atoms with Crippen LogP contribution in [0.2, 0.25) is 0 Å². The van der Waals surface area contributed by atoms with Gasteiger partial charge in [-0.15, -0.1) is 11.3 Å². The Morgan fingerprint density at radius 2 is 2.32 bits per heavy atom. The number of nitrogens with one attached hydrogen (secondary N) is 1. The monoisotopic (exact) mass is 388 g/mol. The third-order valence-electron chi connectivity index (χ3n) is 3.70. The SMILES string of the molecule is CCNC(c1sccc1Br)C1CCN(C(=O)OC(C)(C)C)C1. The summed E-state index contributed by atoms with van der Waals surface area (Å²) in [5, 5.41) is 5.68. The second-order valence-corrected chi connectivity index (χ2v) is 8.45. The number of thiophene rings is 1. The van der Waals surface area contributed by atoms with Crippen LogP contribution in [-0.4, -0.2) is 36.2 Å². The van der Waals surface area contributed by atoms with E-state index in [0.29, 0.717) is 5.92 Å². The predicted octanol–water partition coefficient (Wildman–Crippen LogP) is 4.42. The molecule has 1 aromatic rings. The molecular formula is C16H25BrN2O2S. The molecule has 2 unspecified atom stereocenters. The fourth-order valence-electron chi connectivity index (χ4n) is 2.77. The molecule has 0 bridgehead atoms. The standard InChI is InChI=1S/C16H25BrN2O2S/c1-5-18-13(14-12(17)7-9-22-14)11-6-8-19(10-11)15(20)21-16(2,3)4/h7,9,11,13,18H,5-6,8,10H2,1-4H3. The number of halogens is 1. The van der Waals surface area contributed by atoms with Crippen LogP contribution in [0.4, 0.5) is 4.79 Å². The van der Waals surface area contributed by atoms with E-state index in [0.717, 1.165) is 30.5 Å². The molecule has 124 valence electrons. The summed E-state index contributed by atoms with van der Waals surface area (Å²) in [6, 6.07) is 2.37. The largest absolute Gasteiger partial charge is 0.444 e. The van der Waals surface area contributed by atoms with E-state index < -0.39 is 5.60 Å². The van der Waals surface area contributed by atoms with Gasteiger partial charge in [-0.1, -0.05) is 6.92 Å². The van der Waals surface area contributed by atoms with Crippen molar-refractivity contribution in [1.82, 2.24) is 10.2 Å².